The fourth-order valence-electron chi connectivity index (χ4n) is 8.01. The Balaban J connectivity index is 1.62. The third-order valence-electron chi connectivity index (χ3n) is 9.84. The number of allylic oxidation sites excluding steroid dienone is 1. The molecule has 0 saturated heterocycles. The molecule has 142 valence electrons. The van der Waals surface area contributed by atoms with Crippen molar-refractivity contribution in [1.29, 1.82) is 0 Å². The van der Waals surface area contributed by atoms with Gasteiger partial charge in [0.05, 0.1) is 6.10 Å². The van der Waals surface area contributed by atoms with Crippen molar-refractivity contribution in [2.45, 2.75) is 92.1 Å². The Labute approximate surface area is 155 Å². The molecule has 0 aromatic heterocycles. The summed E-state index contributed by atoms with van der Waals surface area (Å²) in [7, 11) is 0. The van der Waals surface area contributed by atoms with Crippen molar-refractivity contribution in [3.63, 3.8) is 0 Å². The van der Waals surface area contributed by atoms with Gasteiger partial charge < -0.3 is 5.11 Å². The van der Waals surface area contributed by atoms with Gasteiger partial charge in [0.25, 0.3) is 0 Å². The lowest BCUT2D eigenvalue weighted by atomic mass is 9.47. The average molecular weight is 345 g/mol. The fraction of sp³-hybridized carbons (Fsp3) is 0.917. The molecule has 1 heteroatoms. The summed E-state index contributed by atoms with van der Waals surface area (Å²) in [6.07, 6.45) is 12.8. The Bertz CT molecular complexity index is 548. The molecule has 1 N–H and O–H groups in total. The van der Waals surface area contributed by atoms with E-state index in [1.807, 2.05) is 0 Å². The van der Waals surface area contributed by atoms with Crippen LogP contribution in [-0.2, 0) is 0 Å². The minimum atomic E-state index is -0.0764. The molecule has 7 unspecified atom stereocenters. The second-order valence-electron chi connectivity index (χ2n) is 11.0. The normalized spacial score (nSPS) is 50.7. The number of aliphatic hydroxyl groups is 1. The predicted molar refractivity (Wildman–Crippen MR) is 105 cm³/mol. The Morgan fingerprint density at radius 2 is 1.76 bits per heavy atom. The lowest BCUT2D eigenvalue weighted by Gasteiger charge is -2.58. The molecule has 0 amide bonds. The van der Waals surface area contributed by atoms with Gasteiger partial charge in [0.2, 0.25) is 0 Å². The summed E-state index contributed by atoms with van der Waals surface area (Å²) < 4.78 is 0. The van der Waals surface area contributed by atoms with E-state index in [1.165, 1.54) is 38.5 Å². The van der Waals surface area contributed by atoms with Gasteiger partial charge in [0.1, 0.15) is 0 Å². The third kappa shape index (κ3) is 2.59. The highest BCUT2D eigenvalue weighted by Crippen LogP contribution is 2.67. The second kappa shape index (κ2) is 6.11. The zero-order chi connectivity index (χ0) is 18.0. The van der Waals surface area contributed by atoms with Gasteiger partial charge in [-0.3, -0.25) is 0 Å². The summed E-state index contributed by atoms with van der Waals surface area (Å²) in [5.41, 5.74) is 2.59. The van der Waals surface area contributed by atoms with Crippen LogP contribution in [0.25, 0.3) is 0 Å². The molecule has 3 fully saturated rings. The maximum atomic E-state index is 10.2. The zero-order valence-corrected chi connectivity index (χ0v) is 17.2. The number of rotatable bonds is 2. The summed E-state index contributed by atoms with van der Waals surface area (Å²) in [6.45, 7) is 12.6. The summed E-state index contributed by atoms with van der Waals surface area (Å²) in [6, 6.07) is 0. The average Bonchev–Trinajstić information content (AvgIpc) is 2.92. The monoisotopic (exact) mass is 344 g/mol. The number of aliphatic hydroxyl groups excluding tert-OH is 1. The molecule has 3 saturated carbocycles. The van der Waals surface area contributed by atoms with E-state index in [1.54, 1.807) is 5.57 Å². The molecular formula is C24H40O. The van der Waals surface area contributed by atoms with Gasteiger partial charge in [-0.05, 0) is 97.7 Å². The van der Waals surface area contributed by atoms with Crippen LogP contribution in [0.3, 0.4) is 0 Å². The van der Waals surface area contributed by atoms with Gasteiger partial charge in [-0.15, -0.1) is 0 Å². The van der Waals surface area contributed by atoms with Gasteiger partial charge >= 0.3 is 0 Å². The Hall–Kier alpha value is -0.300. The van der Waals surface area contributed by atoms with E-state index in [4.69, 9.17) is 0 Å². The summed E-state index contributed by atoms with van der Waals surface area (Å²) in [4.78, 5) is 0. The van der Waals surface area contributed by atoms with Gasteiger partial charge in [-0.1, -0.05) is 46.3 Å². The first kappa shape index (κ1) is 18.1. The van der Waals surface area contributed by atoms with Crippen LogP contribution in [-0.4, -0.2) is 11.2 Å². The van der Waals surface area contributed by atoms with Crippen molar-refractivity contribution in [2.75, 3.05) is 0 Å². The molecule has 0 radical (unpaired) electrons. The van der Waals surface area contributed by atoms with E-state index in [0.717, 1.165) is 48.3 Å². The molecule has 0 aliphatic heterocycles. The van der Waals surface area contributed by atoms with Gasteiger partial charge in [-0.25, -0.2) is 0 Å². The van der Waals surface area contributed by atoms with Crippen LogP contribution in [0.1, 0.15) is 86.0 Å². The maximum absolute atomic E-state index is 10.2. The van der Waals surface area contributed by atoms with E-state index in [0.29, 0.717) is 10.8 Å². The van der Waals surface area contributed by atoms with Gasteiger partial charge in [-0.2, -0.15) is 0 Å². The fourth-order valence-corrected chi connectivity index (χ4v) is 8.01. The second-order valence-corrected chi connectivity index (χ2v) is 11.0. The first-order chi connectivity index (χ1) is 11.8. The molecular weight excluding hydrogens is 304 g/mol. The van der Waals surface area contributed by atoms with Crippen LogP contribution in [0.2, 0.25) is 0 Å². The van der Waals surface area contributed by atoms with Crippen molar-refractivity contribution >= 4 is 0 Å². The van der Waals surface area contributed by atoms with Crippen LogP contribution < -0.4 is 0 Å². The van der Waals surface area contributed by atoms with Crippen molar-refractivity contribution in [1.82, 2.24) is 0 Å². The van der Waals surface area contributed by atoms with Crippen LogP contribution in [0.5, 0.6) is 0 Å². The molecule has 4 aliphatic carbocycles. The quantitative estimate of drug-likeness (QED) is 0.590. The Morgan fingerprint density at radius 1 is 1.00 bits per heavy atom. The van der Waals surface area contributed by atoms with Gasteiger partial charge in [0.15, 0.2) is 0 Å². The van der Waals surface area contributed by atoms with Crippen molar-refractivity contribution in [3.8, 4) is 0 Å². The molecule has 25 heavy (non-hydrogen) atoms. The minimum Gasteiger partial charge on any atom is -0.393 e. The van der Waals surface area contributed by atoms with Crippen LogP contribution in [0.15, 0.2) is 11.6 Å². The van der Waals surface area contributed by atoms with Crippen molar-refractivity contribution in [3.05, 3.63) is 11.6 Å². The molecule has 1 nitrogen and oxygen atoms in total. The Morgan fingerprint density at radius 3 is 2.48 bits per heavy atom. The molecule has 0 bridgehead atoms. The number of hydrogen-bond acceptors (Lipinski definition) is 1. The lowest BCUT2D eigenvalue weighted by molar-refractivity contribution is -0.0596. The SMILES string of the molecule is CC(C)[C@@H](C)C1CCC2C3CC=C4CC(O)CCC4(C)C3CCC21C. The molecule has 0 aromatic carbocycles. The molecule has 0 heterocycles. The maximum Gasteiger partial charge on any atom is 0.0577 e. The highest BCUT2D eigenvalue weighted by Gasteiger charge is 2.59. The number of hydrogen-bond donors (Lipinski definition) is 1. The topological polar surface area (TPSA) is 20.2 Å². The van der Waals surface area contributed by atoms with E-state index in [-0.39, 0.29) is 6.10 Å². The lowest BCUT2D eigenvalue weighted by Crippen LogP contribution is -2.51. The van der Waals surface area contributed by atoms with Crippen LogP contribution in [0, 0.1) is 46.3 Å². The van der Waals surface area contributed by atoms with Crippen LogP contribution in [0.4, 0.5) is 0 Å². The summed E-state index contributed by atoms with van der Waals surface area (Å²) >= 11 is 0. The van der Waals surface area contributed by atoms with E-state index >= 15 is 0 Å². The highest BCUT2D eigenvalue weighted by atomic mass is 16.3. The molecule has 0 aromatic rings. The third-order valence-corrected chi connectivity index (χ3v) is 9.84. The van der Waals surface area contributed by atoms with Gasteiger partial charge in [0, 0.05) is 0 Å². The smallest absolute Gasteiger partial charge is 0.0577 e. The molecule has 4 rings (SSSR count). The van der Waals surface area contributed by atoms with Crippen molar-refractivity contribution < 1.29 is 5.11 Å². The van der Waals surface area contributed by atoms with E-state index in [9.17, 15) is 5.11 Å². The van der Waals surface area contributed by atoms with Crippen LogP contribution >= 0.6 is 0 Å². The van der Waals surface area contributed by atoms with E-state index < -0.39 is 0 Å². The first-order valence-electron chi connectivity index (χ1n) is 11.1. The summed E-state index contributed by atoms with van der Waals surface area (Å²) in [5.74, 6) is 5.34. The predicted octanol–water partition coefficient (Wildman–Crippen LogP) is 6.22. The molecule has 0 spiro atoms. The standard InChI is InChI=1S/C24H40O/c1-15(2)16(3)20-8-9-21-19-7-6-17-14-18(25)10-12-23(17,4)22(19)11-13-24(20,21)5/h6,15-16,18-22,25H,7-14H2,1-5H3/t16-,18?,19?,20?,21?,22?,23?,24?/m1/s1. The minimum absolute atomic E-state index is 0.0764. The Kier molecular flexibility index (Phi) is 4.42. The highest BCUT2D eigenvalue weighted by molar-refractivity contribution is 5.25. The summed E-state index contributed by atoms with van der Waals surface area (Å²) in [5, 5.41) is 10.2. The van der Waals surface area contributed by atoms with Crippen molar-refractivity contribution in [2.24, 2.45) is 46.3 Å². The molecule has 8 atom stereocenters. The zero-order valence-electron chi connectivity index (χ0n) is 17.2. The number of fused-ring (bicyclic) bond motifs is 5. The molecule has 4 aliphatic rings. The largest absolute Gasteiger partial charge is 0.393 e. The van der Waals surface area contributed by atoms with E-state index in [2.05, 4.69) is 40.7 Å². The first-order valence-corrected chi connectivity index (χ1v) is 11.1.